The Morgan fingerprint density at radius 2 is 1.94 bits per heavy atom. The van der Waals surface area contributed by atoms with Crippen molar-refractivity contribution in [3.8, 4) is 11.5 Å². The van der Waals surface area contributed by atoms with Crippen LogP contribution in [0.25, 0.3) is 6.08 Å². The lowest BCUT2D eigenvalue weighted by molar-refractivity contribution is -0.152. The molecule has 0 atom stereocenters. The van der Waals surface area contributed by atoms with Crippen LogP contribution in [0.3, 0.4) is 0 Å². The first kappa shape index (κ1) is 22.2. The normalized spacial score (nSPS) is 32.1. The zero-order valence-electron chi connectivity index (χ0n) is 17.7. The van der Waals surface area contributed by atoms with Gasteiger partial charge in [-0.25, -0.2) is 0 Å². The van der Waals surface area contributed by atoms with Gasteiger partial charge < -0.3 is 9.84 Å². The number of thioether (sulfide) groups is 1. The number of nitrogens with one attached hydrogen (secondary N) is 1. The summed E-state index contributed by atoms with van der Waals surface area (Å²) in [6.45, 7) is 2.24. The van der Waals surface area contributed by atoms with Crippen LogP contribution in [0.4, 0.5) is 0 Å². The van der Waals surface area contributed by atoms with E-state index >= 15 is 0 Å². The van der Waals surface area contributed by atoms with Crippen molar-refractivity contribution in [3.05, 3.63) is 27.1 Å². The maximum Gasteiger partial charge on any atom is 0.285 e. The number of hydrogen-bond donors (Lipinski definition) is 2. The molecule has 0 radical (unpaired) electrons. The maximum atomic E-state index is 13.4. The second-order valence-electron chi connectivity index (χ2n) is 9.43. The molecular weight excluding hydrogens is 512 g/mol. The van der Waals surface area contributed by atoms with Crippen molar-refractivity contribution in [2.75, 3.05) is 6.61 Å². The molecule has 9 heteroatoms. The van der Waals surface area contributed by atoms with E-state index in [4.69, 9.17) is 17.0 Å². The highest BCUT2D eigenvalue weighted by Crippen LogP contribution is 2.60. The molecule has 1 aliphatic heterocycles. The van der Waals surface area contributed by atoms with E-state index in [0.717, 1.165) is 31.0 Å². The number of hydrazine groups is 1. The topological polar surface area (TPSA) is 78.9 Å². The average molecular weight is 538 g/mol. The summed E-state index contributed by atoms with van der Waals surface area (Å²) in [5, 5.41) is 11.3. The molecule has 1 aromatic rings. The third-order valence-corrected chi connectivity index (χ3v) is 9.18. The summed E-state index contributed by atoms with van der Waals surface area (Å²) < 4.78 is 6.40. The standard InChI is InChI=1S/C23H25BrN2O4S2/c1-2-30-18-6-15(16(24)8-17(18)27)7-19-20(28)26(22(31)32-19)25-21(29)23-9-12-3-13(10-23)5-14(4-12)11-23/h6-8,12-14,27H,2-5,9-11H2,1H3,(H,25,29)/b19-7-. The van der Waals surface area contributed by atoms with Gasteiger partial charge in [-0.05, 0) is 99.2 Å². The van der Waals surface area contributed by atoms with Crippen LogP contribution in [0.15, 0.2) is 21.5 Å². The predicted molar refractivity (Wildman–Crippen MR) is 131 cm³/mol. The summed E-state index contributed by atoms with van der Waals surface area (Å²) >= 11 is 10.0. The lowest BCUT2D eigenvalue weighted by atomic mass is 9.49. The SMILES string of the molecule is CCOc1cc(/C=C2\SC(=S)N(NC(=O)C34CC5CC(CC(C5)C3)C4)C2=O)c(Br)cc1O. The van der Waals surface area contributed by atoms with Gasteiger partial charge in [-0.3, -0.25) is 15.0 Å². The summed E-state index contributed by atoms with van der Waals surface area (Å²) in [6.07, 6.45) is 8.23. The molecule has 1 heterocycles. The van der Waals surface area contributed by atoms with Crippen molar-refractivity contribution in [1.29, 1.82) is 0 Å². The molecule has 0 unspecified atom stereocenters. The van der Waals surface area contributed by atoms with Gasteiger partial charge in [0.25, 0.3) is 5.91 Å². The lowest BCUT2D eigenvalue weighted by Crippen LogP contribution is -2.57. The third kappa shape index (κ3) is 3.86. The van der Waals surface area contributed by atoms with Gasteiger partial charge in [-0.2, -0.15) is 5.01 Å². The predicted octanol–water partition coefficient (Wildman–Crippen LogP) is 5.00. The maximum absolute atomic E-state index is 13.4. The molecule has 32 heavy (non-hydrogen) atoms. The summed E-state index contributed by atoms with van der Waals surface area (Å²) in [7, 11) is 0. The molecule has 170 valence electrons. The first-order valence-electron chi connectivity index (χ1n) is 11.0. The largest absolute Gasteiger partial charge is 0.504 e. The van der Waals surface area contributed by atoms with Crippen LogP contribution in [0.5, 0.6) is 11.5 Å². The van der Waals surface area contributed by atoms with Crippen LogP contribution in [0, 0.1) is 23.2 Å². The van der Waals surface area contributed by atoms with Crippen molar-refractivity contribution in [2.24, 2.45) is 23.2 Å². The molecule has 0 aromatic heterocycles. The number of thiocarbonyl (C=S) groups is 1. The molecule has 0 spiro atoms. The molecule has 2 N–H and O–H groups in total. The van der Waals surface area contributed by atoms with Crippen molar-refractivity contribution in [3.63, 3.8) is 0 Å². The van der Waals surface area contributed by atoms with Gasteiger partial charge in [0.05, 0.1) is 16.9 Å². The summed E-state index contributed by atoms with van der Waals surface area (Å²) in [5.74, 6) is 1.90. The number of halogens is 1. The van der Waals surface area contributed by atoms with E-state index < -0.39 is 0 Å². The second kappa shape index (κ2) is 8.33. The van der Waals surface area contributed by atoms with Gasteiger partial charge in [0, 0.05) is 4.47 Å². The van der Waals surface area contributed by atoms with E-state index in [-0.39, 0.29) is 23.0 Å². The van der Waals surface area contributed by atoms with Gasteiger partial charge in [0.2, 0.25) is 5.91 Å². The van der Waals surface area contributed by atoms with Crippen LogP contribution in [-0.2, 0) is 9.59 Å². The molecule has 4 bridgehead atoms. The van der Waals surface area contributed by atoms with E-state index in [1.165, 1.54) is 30.3 Å². The summed E-state index contributed by atoms with van der Waals surface area (Å²) in [5.41, 5.74) is 3.20. The number of phenolic OH excluding ortho intramolecular Hbond substituents is 1. The minimum absolute atomic E-state index is 0.0197. The number of ether oxygens (including phenoxy) is 1. The lowest BCUT2D eigenvalue weighted by Gasteiger charge is -2.55. The number of benzene rings is 1. The van der Waals surface area contributed by atoms with E-state index in [1.54, 1.807) is 12.1 Å². The molecule has 6 rings (SSSR count). The molecule has 5 fully saturated rings. The van der Waals surface area contributed by atoms with Crippen LogP contribution < -0.4 is 10.2 Å². The molecule has 4 saturated carbocycles. The van der Waals surface area contributed by atoms with Gasteiger partial charge in [-0.1, -0.05) is 27.7 Å². The first-order chi connectivity index (χ1) is 15.3. The number of carbonyl (C=O) groups is 2. The molecule has 1 aromatic carbocycles. The molecule has 1 saturated heterocycles. The summed E-state index contributed by atoms with van der Waals surface area (Å²) in [4.78, 5) is 26.9. The third-order valence-electron chi connectivity index (χ3n) is 7.19. The Labute approximate surface area is 205 Å². The number of aromatic hydroxyl groups is 1. The highest BCUT2D eigenvalue weighted by Gasteiger charge is 2.55. The Balaban J connectivity index is 1.35. The highest BCUT2D eigenvalue weighted by atomic mass is 79.9. The molecular formula is C23H25BrN2O4S2. The van der Waals surface area contributed by atoms with Crippen LogP contribution in [-0.4, -0.2) is 32.9 Å². The highest BCUT2D eigenvalue weighted by molar-refractivity contribution is 9.10. The Morgan fingerprint density at radius 3 is 2.53 bits per heavy atom. The Morgan fingerprint density at radius 1 is 1.31 bits per heavy atom. The Bertz CT molecular complexity index is 1010. The Kier molecular flexibility index (Phi) is 5.78. The number of hydrogen-bond acceptors (Lipinski definition) is 6. The van der Waals surface area contributed by atoms with Crippen LogP contribution >= 0.6 is 39.9 Å². The zero-order chi connectivity index (χ0) is 22.6. The van der Waals surface area contributed by atoms with Crippen LogP contribution in [0.1, 0.15) is 51.0 Å². The van der Waals surface area contributed by atoms with Crippen molar-refractivity contribution in [1.82, 2.24) is 10.4 Å². The average Bonchev–Trinajstić information content (AvgIpc) is 2.98. The van der Waals surface area contributed by atoms with Gasteiger partial charge in [0.1, 0.15) is 0 Å². The monoisotopic (exact) mass is 536 g/mol. The molecule has 6 nitrogen and oxygen atoms in total. The number of amides is 2. The van der Waals surface area contributed by atoms with E-state index in [0.29, 0.717) is 49.4 Å². The quantitative estimate of drug-likeness (QED) is 0.407. The van der Waals surface area contributed by atoms with Gasteiger partial charge >= 0.3 is 0 Å². The Hall–Kier alpha value is -1.58. The number of nitrogens with zero attached hydrogens (tertiary/aromatic N) is 1. The van der Waals surface area contributed by atoms with Gasteiger partial charge in [-0.15, -0.1) is 0 Å². The zero-order valence-corrected chi connectivity index (χ0v) is 20.9. The summed E-state index contributed by atoms with van der Waals surface area (Å²) in [6, 6.07) is 3.20. The minimum Gasteiger partial charge on any atom is -0.504 e. The minimum atomic E-state index is -0.353. The van der Waals surface area contributed by atoms with Crippen molar-refractivity contribution in [2.45, 2.75) is 45.4 Å². The van der Waals surface area contributed by atoms with E-state index in [2.05, 4.69) is 21.4 Å². The number of phenols is 1. The smallest absolute Gasteiger partial charge is 0.285 e. The number of rotatable bonds is 5. The van der Waals surface area contributed by atoms with Crippen molar-refractivity contribution < 1.29 is 19.4 Å². The fraction of sp³-hybridized carbons (Fsp3) is 0.522. The molecule has 5 aliphatic rings. The van der Waals surface area contributed by atoms with E-state index in [9.17, 15) is 14.7 Å². The second-order valence-corrected chi connectivity index (χ2v) is 12.0. The first-order valence-corrected chi connectivity index (χ1v) is 13.0. The number of carbonyl (C=O) groups excluding carboxylic acids is 2. The van der Waals surface area contributed by atoms with Gasteiger partial charge in [0.15, 0.2) is 15.8 Å². The molecule has 4 aliphatic carbocycles. The fourth-order valence-electron chi connectivity index (χ4n) is 6.25. The fourth-order valence-corrected chi connectivity index (χ4v) is 7.87. The molecule has 2 amide bonds. The van der Waals surface area contributed by atoms with E-state index in [1.807, 2.05) is 6.92 Å². The van der Waals surface area contributed by atoms with Crippen molar-refractivity contribution >= 4 is 62.1 Å². The van der Waals surface area contributed by atoms with Crippen LogP contribution in [0.2, 0.25) is 0 Å².